The molecule has 1 aromatic carbocycles. The molecule has 0 radical (unpaired) electrons. The molecule has 28 heavy (non-hydrogen) atoms. The number of halogens is 1. The van der Waals surface area contributed by atoms with Gasteiger partial charge in [0.2, 0.25) is 0 Å². The molecule has 2 aromatic rings. The number of imidazole rings is 1. The van der Waals surface area contributed by atoms with E-state index in [-0.39, 0.29) is 24.0 Å². The molecule has 6 nitrogen and oxygen atoms in total. The first-order valence-corrected chi connectivity index (χ1v) is 10.1. The fraction of sp³-hybridized carbons (Fsp3) is 0.619. The first-order valence-electron chi connectivity index (χ1n) is 10.1. The summed E-state index contributed by atoms with van der Waals surface area (Å²) in [7, 11) is 1.78. The van der Waals surface area contributed by atoms with Crippen molar-refractivity contribution in [2.75, 3.05) is 33.4 Å². The van der Waals surface area contributed by atoms with Crippen molar-refractivity contribution in [3.63, 3.8) is 0 Å². The number of guanidine groups is 1. The highest BCUT2D eigenvalue weighted by Crippen LogP contribution is 2.44. The van der Waals surface area contributed by atoms with E-state index in [1.54, 1.807) is 7.11 Å². The largest absolute Gasteiger partial charge is 0.385 e. The summed E-state index contributed by atoms with van der Waals surface area (Å²) in [6, 6.07) is 8.30. The molecule has 0 atom stereocenters. The SMILES string of the molecule is CCNC(=NCC1(CCOC)CCC1)NCCn1c(C)nc2ccccc21.I. The number of hydrogen-bond donors (Lipinski definition) is 2. The van der Waals surface area contributed by atoms with Gasteiger partial charge in [-0.3, -0.25) is 4.99 Å². The highest BCUT2D eigenvalue weighted by Gasteiger charge is 2.36. The third kappa shape index (κ3) is 5.59. The summed E-state index contributed by atoms with van der Waals surface area (Å²) < 4.78 is 7.55. The van der Waals surface area contributed by atoms with Gasteiger partial charge in [-0.15, -0.1) is 24.0 Å². The molecular formula is C21H34IN5O. The number of fused-ring (bicyclic) bond motifs is 1. The lowest BCUT2D eigenvalue weighted by atomic mass is 9.67. The molecule has 0 aliphatic heterocycles. The molecule has 1 aliphatic rings. The third-order valence-corrected chi connectivity index (χ3v) is 5.64. The second kappa shape index (κ2) is 11.0. The maximum absolute atomic E-state index is 5.29. The van der Waals surface area contributed by atoms with Crippen molar-refractivity contribution in [2.24, 2.45) is 10.4 Å². The fourth-order valence-electron chi connectivity index (χ4n) is 3.84. The van der Waals surface area contributed by atoms with Crippen LogP contribution in [0.25, 0.3) is 11.0 Å². The van der Waals surface area contributed by atoms with Gasteiger partial charge in [-0.1, -0.05) is 18.6 Å². The second-order valence-corrected chi connectivity index (χ2v) is 7.52. The van der Waals surface area contributed by atoms with Crippen molar-refractivity contribution in [1.29, 1.82) is 0 Å². The van der Waals surface area contributed by atoms with Crippen molar-refractivity contribution in [2.45, 2.75) is 46.1 Å². The molecule has 156 valence electrons. The zero-order chi connectivity index (χ0) is 19.1. The van der Waals surface area contributed by atoms with Gasteiger partial charge in [0.05, 0.1) is 11.0 Å². The molecule has 0 bridgehead atoms. The molecule has 0 unspecified atom stereocenters. The summed E-state index contributed by atoms with van der Waals surface area (Å²) in [6.07, 6.45) is 4.95. The monoisotopic (exact) mass is 499 g/mol. The number of nitrogens with zero attached hydrogens (tertiary/aromatic N) is 3. The van der Waals surface area contributed by atoms with Crippen LogP contribution in [0.2, 0.25) is 0 Å². The fourth-order valence-corrected chi connectivity index (χ4v) is 3.84. The van der Waals surface area contributed by atoms with Crippen LogP contribution in [0.5, 0.6) is 0 Å². The highest BCUT2D eigenvalue weighted by molar-refractivity contribution is 14.0. The van der Waals surface area contributed by atoms with Crippen LogP contribution < -0.4 is 10.6 Å². The summed E-state index contributed by atoms with van der Waals surface area (Å²) >= 11 is 0. The average Bonchev–Trinajstić information content (AvgIpc) is 2.96. The van der Waals surface area contributed by atoms with E-state index in [2.05, 4.69) is 52.2 Å². The van der Waals surface area contributed by atoms with Crippen LogP contribution in [0.4, 0.5) is 0 Å². The second-order valence-electron chi connectivity index (χ2n) is 7.52. The highest BCUT2D eigenvalue weighted by atomic mass is 127. The van der Waals surface area contributed by atoms with Crippen LogP contribution in [0, 0.1) is 12.3 Å². The number of aryl methyl sites for hydroxylation is 1. The number of hydrogen-bond acceptors (Lipinski definition) is 3. The summed E-state index contributed by atoms with van der Waals surface area (Å²) in [6.45, 7) is 8.42. The van der Waals surface area contributed by atoms with Gasteiger partial charge in [0.1, 0.15) is 5.82 Å². The average molecular weight is 499 g/mol. The quantitative estimate of drug-likeness (QED) is 0.314. The van der Waals surface area contributed by atoms with Crippen molar-refractivity contribution in [3.8, 4) is 0 Å². The number of rotatable bonds is 9. The molecule has 1 fully saturated rings. The standard InChI is InChI=1S/C21H33N5O.HI/c1-4-22-20(24-16-21(10-7-11-21)12-15-27-3)23-13-14-26-17(2)25-18-8-5-6-9-19(18)26;/h5-6,8-9H,4,7,10-16H2,1-3H3,(H2,22,23,24);1H. The first-order chi connectivity index (χ1) is 13.2. The van der Waals surface area contributed by atoms with E-state index < -0.39 is 0 Å². The van der Waals surface area contributed by atoms with Crippen LogP contribution in [0.1, 0.15) is 38.4 Å². The van der Waals surface area contributed by atoms with E-state index in [0.29, 0.717) is 5.41 Å². The van der Waals surface area contributed by atoms with Crippen LogP contribution in [-0.4, -0.2) is 48.9 Å². The maximum atomic E-state index is 5.29. The summed E-state index contributed by atoms with van der Waals surface area (Å²) in [4.78, 5) is 9.52. The Balaban J connectivity index is 0.00000280. The molecule has 0 saturated heterocycles. The first kappa shape index (κ1) is 22.9. The summed E-state index contributed by atoms with van der Waals surface area (Å²) in [5.74, 6) is 1.95. The van der Waals surface area contributed by atoms with Crippen LogP contribution >= 0.6 is 24.0 Å². The Morgan fingerprint density at radius 2 is 2.07 bits per heavy atom. The molecule has 0 spiro atoms. The number of aromatic nitrogens is 2. The van der Waals surface area contributed by atoms with Crippen LogP contribution in [0.3, 0.4) is 0 Å². The Hall–Kier alpha value is -1.35. The number of para-hydroxylation sites is 2. The topological polar surface area (TPSA) is 63.5 Å². The minimum Gasteiger partial charge on any atom is -0.385 e. The molecule has 1 heterocycles. The van der Waals surface area contributed by atoms with E-state index in [0.717, 1.165) is 56.5 Å². The van der Waals surface area contributed by atoms with Gasteiger partial charge in [-0.05, 0) is 50.7 Å². The minimum absolute atomic E-state index is 0. The number of aliphatic imine (C=N–C) groups is 1. The predicted molar refractivity (Wildman–Crippen MR) is 127 cm³/mol. The van der Waals surface area contributed by atoms with E-state index in [1.807, 2.05) is 6.07 Å². The molecule has 7 heteroatoms. The van der Waals surface area contributed by atoms with Crippen LogP contribution in [0.15, 0.2) is 29.3 Å². The molecule has 2 N–H and O–H groups in total. The summed E-state index contributed by atoms with van der Waals surface area (Å²) in [5.41, 5.74) is 2.59. The zero-order valence-corrected chi connectivity index (χ0v) is 19.7. The Kier molecular flexibility index (Phi) is 9.01. The van der Waals surface area contributed by atoms with Gasteiger partial charge >= 0.3 is 0 Å². The van der Waals surface area contributed by atoms with Gasteiger partial charge in [-0.25, -0.2) is 4.98 Å². The van der Waals surface area contributed by atoms with Crippen molar-refractivity contribution >= 4 is 41.0 Å². The van der Waals surface area contributed by atoms with Crippen LogP contribution in [-0.2, 0) is 11.3 Å². The lowest BCUT2D eigenvalue weighted by molar-refractivity contribution is 0.0778. The number of nitrogens with one attached hydrogen (secondary N) is 2. The predicted octanol–water partition coefficient (Wildman–Crippen LogP) is 3.72. The molecule has 3 rings (SSSR count). The van der Waals surface area contributed by atoms with Gasteiger partial charge in [0.25, 0.3) is 0 Å². The van der Waals surface area contributed by atoms with E-state index in [1.165, 1.54) is 24.8 Å². The van der Waals surface area contributed by atoms with Gasteiger partial charge in [0.15, 0.2) is 5.96 Å². The lowest BCUT2D eigenvalue weighted by Gasteiger charge is -2.40. The Morgan fingerprint density at radius 1 is 1.29 bits per heavy atom. The van der Waals surface area contributed by atoms with E-state index in [4.69, 9.17) is 9.73 Å². The van der Waals surface area contributed by atoms with Crippen molar-refractivity contribution in [1.82, 2.24) is 20.2 Å². The molecule has 1 aliphatic carbocycles. The molecule has 1 aromatic heterocycles. The van der Waals surface area contributed by atoms with Gasteiger partial charge in [-0.2, -0.15) is 0 Å². The number of benzene rings is 1. The summed E-state index contributed by atoms with van der Waals surface area (Å²) in [5, 5.41) is 6.86. The maximum Gasteiger partial charge on any atom is 0.191 e. The van der Waals surface area contributed by atoms with Gasteiger partial charge < -0.3 is 19.9 Å². The lowest BCUT2D eigenvalue weighted by Crippen LogP contribution is -2.41. The molecule has 1 saturated carbocycles. The Bertz CT molecular complexity index is 769. The van der Waals surface area contributed by atoms with E-state index >= 15 is 0 Å². The number of ether oxygens (including phenoxy) is 1. The van der Waals surface area contributed by atoms with Gasteiger partial charge in [0, 0.05) is 39.9 Å². The van der Waals surface area contributed by atoms with Crippen molar-refractivity contribution in [3.05, 3.63) is 30.1 Å². The Labute approximate surface area is 185 Å². The molecular weight excluding hydrogens is 465 g/mol. The number of methoxy groups -OCH3 is 1. The normalized spacial score (nSPS) is 15.8. The third-order valence-electron chi connectivity index (χ3n) is 5.64. The molecule has 0 amide bonds. The smallest absolute Gasteiger partial charge is 0.191 e. The Morgan fingerprint density at radius 3 is 2.75 bits per heavy atom. The van der Waals surface area contributed by atoms with Crippen molar-refractivity contribution < 1.29 is 4.74 Å². The van der Waals surface area contributed by atoms with E-state index in [9.17, 15) is 0 Å². The minimum atomic E-state index is 0. The zero-order valence-electron chi connectivity index (χ0n) is 17.3.